The topological polar surface area (TPSA) is 96.1 Å². The molecule has 4 aromatic rings. The largest absolute Gasteiger partial charge is 0.378 e. The zero-order valence-electron chi connectivity index (χ0n) is 22.3. The van der Waals surface area contributed by atoms with Crippen molar-refractivity contribution >= 4 is 22.8 Å². The Morgan fingerprint density at radius 2 is 1.82 bits per heavy atom. The number of rotatable bonds is 6. The van der Waals surface area contributed by atoms with Crippen molar-refractivity contribution in [3.8, 4) is 5.69 Å². The molecule has 3 aromatic heterocycles. The molecule has 0 radical (unpaired) electrons. The summed E-state index contributed by atoms with van der Waals surface area (Å²) in [5.41, 5.74) is 5.94. The van der Waals surface area contributed by atoms with Gasteiger partial charge in [-0.3, -0.25) is 9.69 Å². The summed E-state index contributed by atoms with van der Waals surface area (Å²) in [4.78, 5) is 22.3. The Morgan fingerprint density at radius 3 is 2.56 bits per heavy atom. The lowest BCUT2D eigenvalue weighted by Crippen LogP contribution is -2.56. The Morgan fingerprint density at radius 1 is 1.00 bits per heavy atom. The number of fused-ring (bicyclic) bond motifs is 1. The predicted molar refractivity (Wildman–Crippen MR) is 148 cm³/mol. The van der Waals surface area contributed by atoms with Crippen LogP contribution in [-0.4, -0.2) is 106 Å². The highest BCUT2D eigenvalue weighted by Crippen LogP contribution is 2.26. The summed E-state index contributed by atoms with van der Waals surface area (Å²) < 4.78 is 7.12. The van der Waals surface area contributed by atoms with Gasteiger partial charge in [-0.05, 0) is 43.8 Å². The number of hydrogen-bond donors (Lipinski definition) is 1. The zero-order chi connectivity index (χ0) is 26.5. The fraction of sp³-hybridized carbons (Fsp3) is 0.429. The van der Waals surface area contributed by atoms with Crippen LogP contribution in [0.4, 0.5) is 11.4 Å². The number of piperazine rings is 1. The van der Waals surface area contributed by atoms with Gasteiger partial charge in [-0.25, -0.2) is 4.52 Å². The molecule has 3 saturated heterocycles. The number of aromatic nitrogens is 5. The summed E-state index contributed by atoms with van der Waals surface area (Å²) >= 11 is 0. The Kier molecular flexibility index (Phi) is 6.06. The van der Waals surface area contributed by atoms with E-state index in [2.05, 4.69) is 49.4 Å². The first-order valence-corrected chi connectivity index (χ1v) is 13.6. The lowest BCUT2D eigenvalue weighted by molar-refractivity contribution is -0.0660. The monoisotopic (exact) mass is 527 g/mol. The number of carbonyl (C=O) groups excluding carboxylic acids is 1. The van der Waals surface area contributed by atoms with Gasteiger partial charge in [0, 0.05) is 62.8 Å². The van der Waals surface area contributed by atoms with Crippen molar-refractivity contribution in [2.24, 2.45) is 0 Å². The van der Waals surface area contributed by atoms with Gasteiger partial charge in [-0.15, -0.1) is 0 Å². The molecule has 11 heteroatoms. The van der Waals surface area contributed by atoms with E-state index in [-0.39, 0.29) is 5.91 Å². The lowest BCUT2D eigenvalue weighted by atomic mass is 9.98. The van der Waals surface area contributed by atoms with Gasteiger partial charge in [0.05, 0.1) is 54.1 Å². The number of likely N-dealkylation sites (N-methyl/N-ethyl adjacent to an activating group) is 1. The highest BCUT2D eigenvalue weighted by Gasteiger charge is 2.29. The van der Waals surface area contributed by atoms with E-state index in [0.717, 1.165) is 86.3 Å². The standard InChI is InChI=1S/C28H33N9O2/c1-19-3-4-22(37-30-14-26(32-37)20-15-33(2)16-20)11-25(19)31-28(38)24-13-29-36-6-5-21(12-27(24)36)34-7-9-35(10-8-34)23-17-39-18-23/h3-6,11-14,20,23H,7-10,15-18H2,1-2H3,(H,31,38). The van der Waals surface area contributed by atoms with Crippen LogP contribution < -0.4 is 10.2 Å². The van der Waals surface area contributed by atoms with Gasteiger partial charge in [0.2, 0.25) is 0 Å². The van der Waals surface area contributed by atoms with Crippen LogP contribution in [0.25, 0.3) is 11.2 Å². The van der Waals surface area contributed by atoms with Crippen LogP contribution in [-0.2, 0) is 4.74 Å². The van der Waals surface area contributed by atoms with E-state index in [0.29, 0.717) is 17.5 Å². The molecule has 6 heterocycles. The molecule has 1 N–H and O–H groups in total. The molecule has 11 nitrogen and oxygen atoms in total. The minimum absolute atomic E-state index is 0.191. The minimum atomic E-state index is -0.191. The number of carbonyl (C=O) groups is 1. The van der Waals surface area contributed by atoms with E-state index in [1.54, 1.807) is 15.5 Å². The average molecular weight is 528 g/mol. The van der Waals surface area contributed by atoms with Gasteiger partial charge >= 0.3 is 0 Å². The summed E-state index contributed by atoms with van der Waals surface area (Å²) in [6.45, 7) is 9.63. The first-order valence-electron chi connectivity index (χ1n) is 13.6. The number of nitrogens with one attached hydrogen (secondary N) is 1. The second-order valence-electron chi connectivity index (χ2n) is 10.9. The Labute approximate surface area is 226 Å². The molecule has 3 aliphatic rings. The van der Waals surface area contributed by atoms with Crippen molar-refractivity contribution in [3.05, 3.63) is 65.7 Å². The van der Waals surface area contributed by atoms with Gasteiger partial charge in [-0.1, -0.05) is 6.07 Å². The van der Waals surface area contributed by atoms with E-state index in [1.807, 2.05) is 37.5 Å². The SMILES string of the molecule is Cc1ccc(-n2ncc(C3CN(C)C3)n2)cc1NC(=O)c1cnn2ccc(N3CCN(C4COC4)CC3)cc12. The van der Waals surface area contributed by atoms with Crippen molar-refractivity contribution in [2.45, 2.75) is 18.9 Å². The van der Waals surface area contributed by atoms with Crippen LogP contribution in [0.3, 0.4) is 0 Å². The number of anilines is 2. The van der Waals surface area contributed by atoms with Gasteiger partial charge in [0.25, 0.3) is 5.91 Å². The Hall–Kier alpha value is -3.80. The molecule has 0 atom stereocenters. The van der Waals surface area contributed by atoms with Gasteiger partial charge in [-0.2, -0.15) is 20.1 Å². The summed E-state index contributed by atoms with van der Waals surface area (Å²) in [5, 5.41) is 16.7. The summed E-state index contributed by atoms with van der Waals surface area (Å²) in [6, 6.07) is 10.6. The highest BCUT2D eigenvalue weighted by atomic mass is 16.5. The molecule has 0 bridgehead atoms. The molecule has 0 aliphatic carbocycles. The average Bonchev–Trinajstić information content (AvgIpc) is 3.55. The van der Waals surface area contributed by atoms with Gasteiger partial charge < -0.3 is 19.9 Å². The Bertz CT molecular complexity index is 1510. The molecule has 39 heavy (non-hydrogen) atoms. The molecular weight excluding hydrogens is 494 g/mol. The van der Waals surface area contributed by atoms with E-state index >= 15 is 0 Å². The zero-order valence-corrected chi connectivity index (χ0v) is 22.3. The number of pyridine rings is 1. The van der Waals surface area contributed by atoms with Crippen LogP contribution in [0.1, 0.15) is 27.5 Å². The smallest absolute Gasteiger partial charge is 0.259 e. The van der Waals surface area contributed by atoms with Gasteiger partial charge in [0.1, 0.15) is 0 Å². The number of ether oxygens (including phenoxy) is 1. The number of benzene rings is 1. The van der Waals surface area contributed by atoms with Crippen molar-refractivity contribution < 1.29 is 9.53 Å². The van der Waals surface area contributed by atoms with Crippen LogP contribution in [0.15, 0.2) is 48.9 Å². The first kappa shape index (κ1) is 24.3. The maximum Gasteiger partial charge on any atom is 0.259 e. The van der Waals surface area contributed by atoms with Crippen LogP contribution in [0, 0.1) is 6.92 Å². The molecule has 0 saturated carbocycles. The van der Waals surface area contributed by atoms with E-state index in [4.69, 9.17) is 9.84 Å². The number of nitrogens with zero attached hydrogens (tertiary/aromatic N) is 8. The number of aryl methyl sites for hydroxylation is 1. The van der Waals surface area contributed by atoms with Gasteiger partial charge in [0.15, 0.2) is 0 Å². The molecule has 7 rings (SSSR count). The molecule has 3 aliphatic heterocycles. The molecule has 1 amide bonds. The summed E-state index contributed by atoms with van der Waals surface area (Å²) in [5.74, 6) is 0.235. The molecule has 202 valence electrons. The Balaban J connectivity index is 1.08. The normalized spacial score (nSPS) is 19.3. The second kappa shape index (κ2) is 9.74. The van der Waals surface area contributed by atoms with Crippen LogP contribution in [0.2, 0.25) is 0 Å². The number of hydrogen-bond acceptors (Lipinski definition) is 8. The highest BCUT2D eigenvalue weighted by molar-refractivity contribution is 6.09. The molecule has 3 fully saturated rings. The first-order chi connectivity index (χ1) is 19.0. The third kappa shape index (κ3) is 4.56. The van der Waals surface area contributed by atoms with Crippen molar-refractivity contribution in [1.82, 2.24) is 34.4 Å². The predicted octanol–water partition coefficient (Wildman–Crippen LogP) is 2.03. The van der Waals surface area contributed by atoms with E-state index in [9.17, 15) is 4.79 Å². The summed E-state index contributed by atoms with van der Waals surface area (Å²) in [7, 11) is 2.10. The lowest BCUT2D eigenvalue weighted by Gasteiger charge is -2.43. The van der Waals surface area contributed by atoms with Crippen LogP contribution in [0.5, 0.6) is 0 Å². The maximum atomic E-state index is 13.5. The quantitative estimate of drug-likeness (QED) is 0.407. The number of amides is 1. The fourth-order valence-electron chi connectivity index (χ4n) is 5.65. The van der Waals surface area contributed by atoms with Crippen LogP contribution >= 0.6 is 0 Å². The third-order valence-corrected chi connectivity index (χ3v) is 8.26. The number of likely N-dealkylation sites (tertiary alicyclic amines) is 1. The molecular formula is C28H33N9O2. The van der Waals surface area contributed by atoms with Crippen molar-refractivity contribution in [2.75, 3.05) is 69.7 Å². The van der Waals surface area contributed by atoms with E-state index in [1.165, 1.54) is 0 Å². The third-order valence-electron chi connectivity index (χ3n) is 8.26. The van der Waals surface area contributed by atoms with Crippen molar-refractivity contribution in [3.63, 3.8) is 0 Å². The summed E-state index contributed by atoms with van der Waals surface area (Å²) in [6.07, 6.45) is 5.41. The van der Waals surface area contributed by atoms with Crippen molar-refractivity contribution in [1.29, 1.82) is 0 Å². The second-order valence-corrected chi connectivity index (χ2v) is 10.9. The molecule has 0 spiro atoms. The maximum absolute atomic E-state index is 13.5. The fourth-order valence-corrected chi connectivity index (χ4v) is 5.65. The molecule has 1 aromatic carbocycles. The minimum Gasteiger partial charge on any atom is -0.378 e. The molecule has 0 unspecified atom stereocenters. The van der Waals surface area contributed by atoms with E-state index < -0.39 is 0 Å².